The lowest BCUT2D eigenvalue weighted by molar-refractivity contribution is 0.157. The normalized spacial score (nSPS) is 23.9. The minimum atomic E-state index is -0.410. The molecule has 0 radical (unpaired) electrons. The second kappa shape index (κ2) is 5.75. The zero-order chi connectivity index (χ0) is 15.1. The van der Waals surface area contributed by atoms with Crippen LogP contribution in [0.4, 0.5) is 4.39 Å². The Bertz CT molecular complexity index is 670. The van der Waals surface area contributed by atoms with Crippen LogP contribution in [0.3, 0.4) is 0 Å². The van der Waals surface area contributed by atoms with Crippen LogP contribution in [-0.2, 0) is 5.88 Å². The van der Waals surface area contributed by atoms with Gasteiger partial charge in [-0.2, -0.15) is 0 Å². The van der Waals surface area contributed by atoms with Crippen molar-refractivity contribution in [2.24, 2.45) is 0 Å². The zero-order valence-corrected chi connectivity index (χ0v) is 13.6. The number of piperidine rings is 1. The number of hydrogen-bond donors (Lipinski definition) is 0. The van der Waals surface area contributed by atoms with Gasteiger partial charge >= 0.3 is 0 Å². The van der Waals surface area contributed by atoms with Crippen molar-refractivity contribution in [1.82, 2.24) is 14.5 Å². The molecule has 1 aliphatic heterocycles. The lowest BCUT2D eigenvalue weighted by Crippen LogP contribution is -2.38. The van der Waals surface area contributed by atoms with E-state index in [0.29, 0.717) is 23.5 Å². The number of fused-ring (bicyclic) bond motifs is 1. The minimum absolute atomic E-state index is 0.102. The number of rotatable bonds is 2. The van der Waals surface area contributed by atoms with E-state index in [1.54, 1.807) is 6.07 Å². The molecular formula is C15H18Cl2FN3. The van der Waals surface area contributed by atoms with Crippen LogP contribution in [0.5, 0.6) is 0 Å². The van der Waals surface area contributed by atoms with Gasteiger partial charge in [0, 0.05) is 24.7 Å². The summed E-state index contributed by atoms with van der Waals surface area (Å²) in [5, 5.41) is 0.102. The van der Waals surface area contributed by atoms with Gasteiger partial charge in [-0.3, -0.25) is 0 Å². The Morgan fingerprint density at radius 2 is 2.19 bits per heavy atom. The predicted molar refractivity (Wildman–Crippen MR) is 84.6 cm³/mol. The number of imidazole rings is 1. The molecule has 0 saturated carbocycles. The van der Waals surface area contributed by atoms with Crippen LogP contribution < -0.4 is 0 Å². The molecule has 114 valence electrons. The molecule has 1 aromatic heterocycles. The molecule has 3 rings (SSSR count). The fraction of sp³-hybridized carbons (Fsp3) is 0.533. The minimum Gasteiger partial charge on any atom is -0.324 e. The predicted octanol–water partition coefficient (Wildman–Crippen LogP) is 4.22. The van der Waals surface area contributed by atoms with Gasteiger partial charge in [-0.15, -0.1) is 11.6 Å². The monoisotopic (exact) mass is 329 g/mol. The molecule has 1 aliphatic rings. The molecule has 3 nitrogen and oxygen atoms in total. The Morgan fingerprint density at radius 1 is 1.43 bits per heavy atom. The van der Waals surface area contributed by atoms with Crippen LogP contribution in [0.15, 0.2) is 12.1 Å². The average Bonchev–Trinajstić information content (AvgIpc) is 2.80. The average molecular weight is 330 g/mol. The lowest BCUT2D eigenvalue weighted by atomic mass is 9.98. The van der Waals surface area contributed by atoms with E-state index in [1.807, 2.05) is 0 Å². The Balaban J connectivity index is 2.10. The number of benzene rings is 1. The molecule has 0 aliphatic carbocycles. The highest BCUT2D eigenvalue weighted by Gasteiger charge is 2.27. The van der Waals surface area contributed by atoms with E-state index in [2.05, 4.69) is 28.4 Å². The number of aromatic nitrogens is 2. The molecule has 2 heterocycles. The highest BCUT2D eigenvalue weighted by Crippen LogP contribution is 2.33. The SMILES string of the molecule is CC1CC(n2c(CCl)nc3cc(Cl)c(F)cc32)CCN1C. The van der Waals surface area contributed by atoms with Gasteiger partial charge in [0.05, 0.1) is 21.9 Å². The molecule has 0 amide bonds. The molecule has 2 atom stereocenters. The van der Waals surface area contributed by atoms with Crippen molar-refractivity contribution in [3.05, 3.63) is 28.8 Å². The van der Waals surface area contributed by atoms with E-state index in [4.69, 9.17) is 23.2 Å². The number of alkyl halides is 1. The molecule has 0 bridgehead atoms. The molecule has 2 aromatic rings. The highest BCUT2D eigenvalue weighted by atomic mass is 35.5. The van der Waals surface area contributed by atoms with Crippen LogP contribution in [0.25, 0.3) is 11.0 Å². The third-order valence-electron chi connectivity index (χ3n) is 4.47. The van der Waals surface area contributed by atoms with Gasteiger partial charge < -0.3 is 9.47 Å². The van der Waals surface area contributed by atoms with Crippen LogP contribution in [0.2, 0.25) is 5.02 Å². The first kappa shape index (κ1) is 15.1. The molecule has 1 fully saturated rings. The number of hydrogen-bond acceptors (Lipinski definition) is 2. The summed E-state index contributed by atoms with van der Waals surface area (Å²) >= 11 is 11.9. The van der Waals surface area contributed by atoms with Crippen molar-refractivity contribution >= 4 is 34.2 Å². The molecule has 2 unspecified atom stereocenters. The molecule has 21 heavy (non-hydrogen) atoms. The van der Waals surface area contributed by atoms with E-state index in [-0.39, 0.29) is 5.02 Å². The topological polar surface area (TPSA) is 21.1 Å². The lowest BCUT2D eigenvalue weighted by Gasteiger charge is -2.36. The van der Waals surface area contributed by atoms with Crippen LogP contribution in [0.1, 0.15) is 31.6 Å². The van der Waals surface area contributed by atoms with Crippen molar-refractivity contribution in [3.63, 3.8) is 0 Å². The van der Waals surface area contributed by atoms with Gasteiger partial charge in [0.15, 0.2) is 0 Å². The van der Waals surface area contributed by atoms with Gasteiger partial charge in [0.1, 0.15) is 11.6 Å². The zero-order valence-electron chi connectivity index (χ0n) is 12.1. The van der Waals surface area contributed by atoms with Crippen molar-refractivity contribution in [3.8, 4) is 0 Å². The molecular weight excluding hydrogens is 312 g/mol. The third kappa shape index (κ3) is 2.65. The van der Waals surface area contributed by atoms with Crippen LogP contribution in [-0.4, -0.2) is 34.1 Å². The molecule has 1 aromatic carbocycles. The van der Waals surface area contributed by atoms with Crippen molar-refractivity contribution in [2.45, 2.75) is 37.7 Å². The Morgan fingerprint density at radius 3 is 2.86 bits per heavy atom. The van der Waals surface area contributed by atoms with E-state index >= 15 is 0 Å². The summed E-state index contributed by atoms with van der Waals surface area (Å²) in [5.41, 5.74) is 1.50. The summed E-state index contributed by atoms with van der Waals surface area (Å²) in [4.78, 5) is 6.86. The Labute approximate surface area is 133 Å². The number of halogens is 3. The molecule has 0 N–H and O–H groups in total. The van der Waals surface area contributed by atoms with Crippen molar-refractivity contribution in [2.75, 3.05) is 13.6 Å². The quantitative estimate of drug-likeness (QED) is 0.769. The fourth-order valence-corrected chi connectivity index (χ4v) is 3.49. The third-order valence-corrected chi connectivity index (χ3v) is 5.00. The summed E-state index contributed by atoms with van der Waals surface area (Å²) < 4.78 is 15.9. The van der Waals surface area contributed by atoms with E-state index in [1.165, 1.54) is 6.07 Å². The van der Waals surface area contributed by atoms with Crippen molar-refractivity contribution in [1.29, 1.82) is 0 Å². The first-order valence-electron chi connectivity index (χ1n) is 7.13. The summed E-state index contributed by atoms with van der Waals surface area (Å²) in [5.74, 6) is 0.691. The maximum absolute atomic E-state index is 13.8. The standard InChI is InChI=1S/C15H18Cl2FN3/c1-9-5-10(3-4-20(9)2)21-14-7-12(18)11(17)6-13(14)19-15(21)8-16/h6-7,9-10H,3-5,8H2,1-2H3. The summed E-state index contributed by atoms with van der Waals surface area (Å²) in [6.07, 6.45) is 2.02. The second-order valence-corrected chi connectivity index (χ2v) is 6.47. The maximum atomic E-state index is 13.8. The van der Waals surface area contributed by atoms with Gasteiger partial charge in [-0.05, 0) is 32.9 Å². The Kier molecular flexibility index (Phi) is 4.12. The first-order valence-corrected chi connectivity index (χ1v) is 8.04. The Hall–Kier alpha value is -0.840. The smallest absolute Gasteiger partial charge is 0.144 e. The highest BCUT2D eigenvalue weighted by molar-refractivity contribution is 6.31. The molecule has 6 heteroatoms. The summed E-state index contributed by atoms with van der Waals surface area (Å²) in [6, 6.07) is 3.85. The molecule has 0 spiro atoms. The van der Waals surface area contributed by atoms with E-state index in [0.717, 1.165) is 30.7 Å². The van der Waals surface area contributed by atoms with Gasteiger partial charge in [0.25, 0.3) is 0 Å². The second-order valence-electron chi connectivity index (χ2n) is 5.79. The van der Waals surface area contributed by atoms with Crippen LogP contribution in [0, 0.1) is 5.82 Å². The maximum Gasteiger partial charge on any atom is 0.144 e. The van der Waals surface area contributed by atoms with E-state index in [9.17, 15) is 4.39 Å². The fourth-order valence-electron chi connectivity index (χ4n) is 3.14. The van der Waals surface area contributed by atoms with E-state index < -0.39 is 5.82 Å². The van der Waals surface area contributed by atoms with Crippen LogP contribution >= 0.6 is 23.2 Å². The van der Waals surface area contributed by atoms with Gasteiger partial charge in [-0.25, -0.2) is 9.37 Å². The molecule has 1 saturated heterocycles. The largest absolute Gasteiger partial charge is 0.324 e. The first-order chi connectivity index (χ1) is 10.0. The number of likely N-dealkylation sites (tertiary alicyclic amines) is 1. The number of nitrogens with zero attached hydrogens (tertiary/aromatic N) is 3. The van der Waals surface area contributed by atoms with Gasteiger partial charge in [-0.1, -0.05) is 11.6 Å². The summed E-state index contributed by atoms with van der Waals surface area (Å²) in [6.45, 7) is 3.23. The van der Waals surface area contributed by atoms with Crippen molar-refractivity contribution < 1.29 is 4.39 Å². The summed E-state index contributed by atoms with van der Waals surface area (Å²) in [7, 11) is 2.13. The van der Waals surface area contributed by atoms with Gasteiger partial charge in [0.2, 0.25) is 0 Å².